The van der Waals surface area contributed by atoms with Crippen molar-refractivity contribution in [2.24, 2.45) is 0 Å². The molecule has 0 saturated heterocycles. The number of ether oxygens (including phenoxy) is 1. The number of fused-ring (bicyclic) bond motifs is 1. The summed E-state index contributed by atoms with van der Waals surface area (Å²) in [5, 5.41) is 1.74. The third kappa shape index (κ3) is 3.76. The van der Waals surface area contributed by atoms with Crippen molar-refractivity contribution < 1.29 is 9.53 Å². The molecule has 136 valence electrons. The summed E-state index contributed by atoms with van der Waals surface area (Å²) >= 11 is 3.19. The number of hydrogen-bond donors (Lipinski definition) is 0. The second-order valence-electron chi connectivity index (χ2n) is 6.12. The van der Waals surface area contributed by atoms with Gasteiger partial charge in [0.25, 0.3) is 0 Å². The molecule has 0 saturated carbocycles. The van der Waals surface area contributed by atoms with Gasteiger partial charge in [0.2, 0.25) is 0 Å². The van der Waals surface area contributed by atoms with Crippen LogP contribution in [0.1, 0.15) is 40.5 Å². The average molecular weight is 387 g/mol. The summed E-state index contributed by atoms with van der Waals surface area (Å²) in [6.07, 6.45) is 0. The first kappa shape index (κ1) is 18.9. The maximum Gasteiger partial charge on any atom is 0.175 e. The molecule has 4 nitrogen and oxygen atoms in total. The summed E-state index contributed by atoms with van der Waals surface area (Å²) < 4.78 is 5.44. The van der Waals surface area contributed by atoms with Crippen LogP contribution < -0.4 is 4.74 Å². The predicted molar refractivity (Wildman–Crippen MR) is 109 cm³/mol. The van der Waals surface area contributed by atoms with Crippen molar-refractivity contribution in [1.82, 2.24) is 9.97 Å². The zero-order chi connectivity index (χ0) is 18.8. The molecule has 3 rings (SSSR count). The number of Topliss-reactive ketones (excluding diaryl/α,β-unsaturated/α-hetero) is 1. The van der Waals surface area contributed by atoms with E-state index in [1.54, 1.807) is 11.3 Å². The molecule has 0 N–H and O–H groups in total. The van der Waals surface area contributed by atoms with Crippen LogP contribution >= 0.6 is 23.1 Å². The lowest BCUT2D eigenvalue weighted by Crippen LogP contribution is -2.14. The van der Waals surface area contributed by atoms with Gasteiger partial charge < -0.3 is 4.74 Å². The summed E-state index contributed by atoms with van der Waals surface area (Å²) in [5.74, 6) is 1.61. The van der Waals surface area contributed by atoms with Gasteiger partial charge in [-0.3, -0.25) is 4.79 Å². The second kappa shape index (κ2) is 7.76. The normalized spacial score (nSPS) is 12.3. The van der Waals surface area contributed by atoms with Gasteiger partial charge in [-0.05, 0) is 64.4 Å². The summed E-state index contributed by atoms with van der Waals surface area (Å²) in [4.78, 5) is 24.2. The standard InChI is InChI=1S/C20H22N2O2S2/c1-6-24-16-9-7-15(8-10-16)18(23)13(4)26-20-17-11(2)12(3)25-19(17)21-14(5)22-20/h7-10,13H,6H2,1-5H3/t13-/m0/s1. The fraction of sp³-hybridized carbons (Fsp3) is 0.350. The molecule has 0 amide bonds. The van der Waals surface area contributed by atoms with Gasteiger partial charge in [-0.1, -0.05) is 11.8 Å². The first-order valence-electron chi connectivity index (χ1n) is 8.58. The monoisotopic (exact) mass is 386 g/mol. The van der Waals surface area contributed by atoms with Crippen molar-refractivity contribution in [2.75, 3.05) is 6.61 Å². The van der Waals surface area contributed by atoms with Gasteiger partial charge in [-0.25, -0.2) is 9.97 Å². The second-order valence-corrected chi connectivity index (χ2v) is 8.65. The molecule has 0 radical (unpaired) electrons. The maximum absolute atomic E-state index is 12.8. The molecule has 0 bridgehead atoms. The number of thiophene rings is 1. The Morgan fingerprint density at radius 3 is 2.54 bits per heavy atom. The lowest BCUT2D eigenvalue weighted by atomic mass is 10.1. The fourth-order valence-corrected chi connectivity index (χ4v) is 5.01. The molecule has 0 aliphatic carbocycles. The summed E-state index contributed by atoms with van der Waals surface area (Å²) in [6, 6.07) is 7.33. The van der Waals surface area contributed by atoms with Crippen molar-refractivity contribution >= 4 is 39.1 Å². The fourth-order valence-electron chi connectivity index (χ4n) is 2.74. The highest BCUT2D eigenvalue weighted by atomic mass is 32.2. The van der Waals surface area contributed by atoms with Gasteiger partial charge in [0, 0.05) is 15.8 Å². The molecule has 0 aliphatic heterocycles. The van der Waals surface area contributed by atoms with E-state index in [2.05, 4.69) is 23.8 Å². The number of rotatable bonds is 6. The Hall–Kier alpha value is -1.92. The molecule has 26 heavy (non-hydrogen) atoms. The third-order valence-corrected chi connectivity index (χ3v) is 6.40. The Morgan fingerprint density at radius 2 is 1.88 bits per heavy atom. The topological polar surface area (TPSA) is 52.1 Å². The molecule has 2 heterocycles. The molecule has 1 atom stereocenters. The average Bonchev–Trinajstić information content (AvgIpc) is 2.89. The number of benzene rings is 1. The minimum absolute atomic E-state index is 0.0899. The Bertz CT molecular complexity index is 949. The molecule has 6 heteroatoms. The third-order valence-electron chi connectivity index (χ3n) is 4.21. The minimum atomic E-state index is -0.231. The van der Waals surface area contributed by atoms with Crippen LogP contribution in [0.4, 0.5) is 0 Å². The number of ketones is 1. The van der Waals surface area contributed by atoms with Gasteiger partial charge in [0.1, 0.15) is 21.4 Å². The molecule has 1 aromatic carbocycles. The predicted octanol–water partition coefficient (Wildman–Crippen LogP) is 5.38. The number of aryl methyl sites for hydroxylation is 3. The molecule has 0 spiro atoms. The van der Waals surface area contributed by atoms with E-state index in [9.17, 15) is 4.79 Å². The largest absolute Gasteiger partial charge is 0.494 e. The quantitative estimate of drug-likeness (QED) is 0.323. The Balaban J connectivity index is 1.86. The SMILES string of the molecule is CCOc1ccc(C(=O)[C@H](C)Sc2nc(C)nc3sc(C)c(C)c23)cc1. The highest BCUT2D eigenvalue weighted by Crippen LogP contribution is 2.37. The first-order valence-corrected chi connectivity index (χ1v) is 10.3. The highest BCUT2D eigenvalue weighted by Gasteiger charge is 2.21. The smallest absolute Gasteiger partial charge is 0.175 e. The minimum Gasteiger partial charge on any atom is -0.494 e. The molecule has 2 aromatic heterocycles. The van der Waals surface area contributed by atoms with Crippen LogP contribution in [0.2, 0.25) is 0 Å². The summed E-state index contributed by atoms with van der Waals surface area (Å²) in [6.45, 7) is 10.6. The van der Waals surface area contributed by atoms with E-state index >= 15 is 0 Å². The molecule has 0 aliphatic rings. The van der Waals surface area contributed by atoms with E-state index in [0.717, 1.165) is 26.8 Å². The highest BCUT2D eigenvalue weighted by molar-refractivity contribution is 8.00. The van der Waals surface area contributed by atoms with Crippen molar-refractivity contribution in [1.29, 1.82) is 0 Å². The number of carbonyl (C=O) groups is 1. The van der Waals surface area contributed by atoms with Gasteiger partial charge in [-0.15, -0.1) is 11.3 Å². The van der Waals surface area contributed by atoms with E-state index < -0.39 is 0 Å². The zero-order valence-electron chi connectivity index (χ0n) is 15.6. The van der Waals surface area contributed by atoms with E-state index in [-0.39, 0.29) is 11.0 Å². The van der Waals surface area contributed by atoms with Crippen molar-refractivity contribution in [3.05, 3.63) is 46.1 Å². The van der Waals surface area contributed by atoms with Crippen molar-refractivity contribution in [2.45, 2.75) is 44.9 Å². The van der Waals surface area contributed by atoms with E-state index in [1.165, 1.54) is 22.2 Å². The summed E-state index contributed by atoms with van der Waals surface area (Å²) in [7, 11) is 0. The van der Waals surface area contributed by atoms with Gasteiger partial charge in [0.05, 0.1) is 11.9 Å². The van der Waals surface area contributed by atoms with Crippen LogP contribution in [-0.2, 0) is 0 Å². The number of aromatic nitrogens is 2. The molecule has 3 aromatic rings. The van der Waals surface area contributed by atoms with Crippen LogP contribution in [0.15, 0.2) is 29.3 Å². The number of thioether (sulfide) groups is 1. The molecule has 0 fully saturated rings. The Labute approximate surface area is 162 Å². The van der Waals surface area contributed by atoms with Crippen LogP contribution in [0.3, 0.4) is 0 Å². The zero-order valence-corrected chi connectivity index (χ0v) is 17.3. The van der Waals surface area contributed by atoms with Crippen molar-refractivity contribution in [3.63, 3.8) is 0 Å². The Morgan fingerprint density at radius 1 is 1.19 bits per heavy atom. The van der Waals surface area contributed by atoms with Gasteiger partial charge >= 0.3 is 0 Å². The van der Waals surface area contributed by atoms with Crippen molar-refractivity contribution in [3.8, 4) is 5.75 Å². The number of carbonyl (C=O) groups excluding carboxylic acids is 1. The Kier molecular flexibility index (Phi) is 5.63. The van der Waals surface area contributed by atoms with Gasteiger partial charge in [-0.2, -0.15) is 0 Å². The maximum atomic E-state index is 12.8. The van der Waals surface area contributed by atoms with Crippen LogP contribution in [0.5, 0.6) is 5.75 Å². The molecular weight excluding hydrogens is 364 g/mol. The number of hydrogen-bond acceptors (Lipinski definition) is 6. The lowest BCUT2D eigenvalue weighted by molar-refractivity contribution is 0.0994. The lowest BCUT2D eigenvalue weighted by Gasteiger charge is -2.12. The van der Waals surface area contributed by atoms with E-state index in [1.807, 2.05) is 45.0 Å². The molecular formula is C20H22N2O2S2. The summed E-state index contributed by atoms with van der Waals surface area (Å²) in [5.41, 5.74) is 1.89. The van der Waals surface area contributed by atoms with E-state index in [0.29, 0.717) is 12.2 Å². The van der Waals surface area contributed by atoms with Gasteiger partial charge in [0.15, 0.2) is 5.78 Å². The van der Waals surface area contributed by atoms with E-state index in [4.69, 9.17) is 4.74 Å². The number of nitrogens with zero attached hydrogens (tertiary/aromatic N) is 2. The van der Waals surface area contributed by atoms with Crippen LogP contribution in [0, 0.1) is 20.8 Å². The van der Waals surface area contributed by atoms with Crippen LogP contribution in [-0.4, -0.2) is 27.6 Å². The first-order chi connectivity index (χ1) is 12.4. The molecule has 0 unspecified atom stereocenters. The van der Waals surface area contributed by atoms with Crippen LogP contribution in [0.25, 0.3) is 10.2 Å².